The molecule has 1 rings (SSSR count). The van der Waals surface area contributed by atoms with Crippen LogP contribution in [0, 0.1) is 0 Å². The number of carboxylic acid groups (broad SMARTS) is 1. The number of nitrogens with one attached hydrogen (secondary N) is 2. The van der Waals surface area contributed by atoms with Crippen molar-refractivity contribution in [1.82, 2.24) is 10.6 Å². The van der Waals surface area contributed by atoms with Crippen molar-refractivity contribution in [2.45, 2.75) is 29.9 Å². The molecule has 0 saturated carbocycles. The van der Waals surface area contributed by atoms with E-state index >= 15 is 0 Å². The smallest absolute Gasteiger partial charge is 0.314 e. The summed E-state index contributed by atoms with van der Waals surface area (Å²) in [6, 6.07) is 7.76. The van der Waals surface area contributed by atoms with Crippen molar-refractivity contribution in [3.63, 3.8) is 0 Å². The van der Waals surface area contributed by atoms with Crippen LogP contribution in [0.5, 0.6) is 0 Å². The molecule has 0 heterocycles. The fourth-order valence-corrected chi connectivity index (χ4v) is 2.72. The summed E-state index contributed by atoms with van der Waals surface area (Å²) in [6.07, 6.45) is 0.502. The van der Waals surface area contributed by atoms with Gasteiger partial charge in [-0.05, 0) is 30.7 Å². The summed E-state index contributed by atoms with van der Waals surface area (Å²) in [5.74, 6) is -0.850. The normalized spacial score (nSPS) is 11.7. The summed E-state index contributed by atoms with van der Waals surface area (Å²) in [7, 11) is 0. The van der Waals surface area contributed by atoms with E-state index in [4.69, 9.17) is 5.11 Å². The summed E-state index contributed by atoms with van der Waals surface area (Å²) in [4.78, 5) is 23.0. The first-order valence-electron chi connectivity index (χ1n) is 6.63. The number of hydrogen-bond acceptors (Lipinski definition) is 3. The highest BCUT2D eigenvalue weighted by molar-refractivity contribution is 9.10. The van der Waals surface area contributed by atoms with Gasteiger partial charge in [0, 0.05) is 34.1 Å². The second-order valence-electron chi connectivity index (χ2n) is 4.52. The Hall–Kier alpha value is -1.21. The number of amides is 2. The van der Waals surface area contributed by atoms with Gasteiger partial charge < -0.3 is 15.7 Å². The highest BCUT2D eigenvalue weighted by atomic mass is 79.9. The largest absolute Gasteiger partial charge is 0.481 e. The van der Waals surface area contributed by atoms with Gasteiger partial charge >= 0.3 is 12.0 Å². The summed E-state index contributed by atoms with van der Waals surface area (Å²) in [5, 5.41) is 14.1. The Bertz CT molecular complexity index is 468. The van der Waals surface area contributed by atoms with Gasteiger partial charge in [-0.15, -0.1) is 11.8 Å². The molecule has 3 N–H and O–H groups in total. The summed E-state index contributed by atoms with van der Waals surface area (Å²) < 4.78 is 1.04. The number of rotatable bonds is 8. The number of hydrogen-bond donors (Lipinski definition) is 3. The average Bonchev–Trinajstić information content (AvgIpc) is 2.44. The molecule has 0 fully saturated rings. The Kier molecular flexibility index (Phi) is 8.22. The van der Waals surface area contributed by atoms with E-state index in [1.54, 1.807) is 11.8 Å². The standard InChI is InChI=1S/C14H19BrN2O3S/c1-10(21-12-6-4-11(15)5-7-12)9-17-14(20)16-8-2-3-13(18)19/h4-7,10H,2-3,8-9H2,1H3,(H,18,19)(H2,16,17,20). The lowest BCUT2D eigenvalue weighted by molar-refractivity contribution is -0.137. The van der Waals surface area contributed by atoms with E-state index in [1.165, 1.54) is 0 Å². The lowest BCUT2D eigenvalue weighted by Gasteiger charge is -2.13. The number of carboxylic acids is 1. The number of thioether (sulfide) groups is 1. The lowest BCUT2D eigenvalue weighted by atomic mass is 10.3. The van der Waals surface area contributed by atoms with Crippen LogP contribution in [-0.2, 0) is 4.79 Å². The van der Waals surface area contributed by atoms with Gasteiger partial charge in [-0.2, -0.15) is 0 Å². The first-order valence-corrected chi connectivity index (χ1v) is 8.30. The minimum absolute atomic E-state index is 0.0656. The van der Waals surface area contributed by atoms with Crippen LogP contribution in [0.2, 0.25) is 0 Å². The first kappa shape index (κ1) is 17.8. The maximum atomic E-state index is 11.5. The Morgan fingerprint density at radius 3 is 2.57 bits per heavy atom. The third kappa shape index (κ3) is 8.62. The third-order valence-electron chi connectivity index (χ3n) is 2.55. The molecule has 7 heteroatoms. The van der Waals surface area contributed by atoms with Crippen LogP contribution in [0.1, 0.15) is 19.8 Å². The zero-order valence-corrected chi connectivity index (χ0v) is 14.2. The fraction of sp³-hybridized carbons (Fsp3) is 0.429. The number of carbonyl (C=O) groups excluding carboxylic acids is 1. The lowest BCUT2D eigenvalue weighted by Crippen LogP contribution is -2.38. The van der Waals surface area contributed by atoms with Gasteiger partial charge in [0.15, 0.2) is 0 Å². The monoisotopic (exact) mass is 374 g/mol. The molecule has 1 aromatic carbocycles. The summed E-state index contributed by atoms with van der Waals surface area (Å²) >= 11 is 5.07. The van der Waals surface area contributed by atoms with Crippen molar-refractivity contribution >= 4 is 39.7 Å². The predicted octanol–water partition coefficient (Wildman–Crippen LogP) is 3.09. The second kappa shape index (κ2) is 9.68. The van der Waals surface area contributed by atoms with Crippen LogP contribution in [-0.4, -0.2) is 35.4 Å². The van der Waals surface area contributed by atoms with Crippen molar-refractivity contribution in [3.8, 4) is 0 Å². The van der Waals surface area contributed by atoms with Gasteiger partial charge in [-0.3, -0.25) is 4.79 Å². The Balaban J connectivity index is 2.17. The summed E-state index contributed by atoms with van der Waals surface area (Å²) in [6.45, 7) is 2.95. The molecule has 1 aromatic rings. The van der Waals surface area contributed by atoms with Gasteiger partial charge in [-0.1, -0.05) is 22.9 Å². The van der Waals surface area contributed by atoms with Crippen molar-refractivity contribution in [1.29, 1.82) is 0 Å². The average molecular weight is 375 g/mol. The molecule has 0 spiro atoms. The van der Waals surface area contributed by atoms with Crippen molar-refractivity contribution in [2.24, 2.45) is 0 Å². The van der Waals surface area contributed by atoms with E-state index in [-0.39, 0.29) is 17.7 Å². The van der Waals surface area contributed by atoms with E-state index in [1.807, 2.05) is 31.2 Å². The van der Waals surface area contributed by atoms with Crippen molar-refractivity contribution in [2.75, 3.05) is 13.1 Å². The number of aliphatic carboxylic acids is 1. The predicted molar refractivity (Wildman–Crippen MR) is 87.7 cm³/mol. The molecule has 0 aliphatic carbocycles. The van der Waals surface area contributed by atoms with Crippen LogP contribution in [0.25, 0.3) is 0 Å². The van der Waals surface area contributed by atoms with Gasteiger partial charge in [0.1, 0.15) is 0 Å². The van der Waals surface area contributed by atoms with E-state index in [9.17, 15) is 9.59 Å². The van der Waals surface area contributed by atoms with Gasteiger partial charge in [0.25, 0.3) is 0 Å². The Morgan fingerprint density at radius 1 is 1.29 bits per heavy atom. The molecule has 2 amide bonds. The Morgan fingerprint density at radius 2 is 1.95 bits per heavy atom. The molecular formula is C14H19BrN2O3S. The molecule has 0 aliphatic heterocycles. The SMILES string of the molecule is CC(CNC(=O)NCCCC(=O)O)Sc1ccc(Br)cc1. The van der Waals surface area contributed by atoms with E-state index in [0.717, 1.165) is 9.37 Å². The molecule has 5 nitrogen and oxygen atoms in total. The fourth-order valence-electron chi connectivity index (χ4n) is 1.53. The minimum Gasteiger partial charge on any atom is -0.481 e. The molecule has 1 atom stereocenters. The zero-order chi connectivity index (χ0) is 15.7. The minimum atomic E-state index is -0.850. The van der Waals surface area contributed by atoms with Gasteiger partial charge in [0.2, 0.25) is 0 Å². The molecular weight excluding hydrogens is 356 g/mol. The maximum Gasteiger partial charge on any atom is 0.314 e. The number of carbonyl (C=O) groups is 2. The molecule has 0 aromatic heterocycles. The van der Waals surface area contributed by atoms with Crippen molar-refractivity contribution < 1.29 is 14.7 Å². The molecule has 0 aliphatic rings. The molecule has 0 saturated heterocycles. The second-order valence-corrected chi connectivity index (χ2v) is 6.94. The third-order valence-corrected chi connectivity index (χ3v) is 4.20. The highest BCUT2D eigenvalue weighted by Gasteiger charge is 2.07. The number of halogens is 1. The van der Waals surface area contributed by atoms with Crippen molar-refractivity contribution in [3.05, 3.63) is 28.7 Å². The molecule has 0 bridgehead atoms. The molecule has 1 unspecified atom stereocenters. The van der Waals surface area contributed by atoms with Crippen LogP contribution < -0.4 is 10.6 Å². The van der Waals surface area contributed by atoms with E-state index in [2.05, 4.69) is 26.6 Å². The van der Waals surface area contributed by atoms with E-state index in [0.29, 0.717) is 19.5 Å². The topological polar surface area (TPSA) is 78.4 Å². The van der Waals surface area contributed by atoms with Crippen LogP contribution in [0.15, 0.2) is 33.6 Å². The number of urea groups is 1. The maximum absolute atomic E-state index is 11.5. The first-order chi connectivity index (χ1) is 9.97. The highest BCUT2D eigenvalue weighted by Crippen LogP contribution is 2.24. The Labute approximate surface area is 137 Å². The van der Waals surface area contributed by atoms with E-state index < -0.39 is 5.97 Å². The van der Waals surface area contributed by atoms with Gasteiger partial charge in [0.05, 0.1) is 0 Å². The molecule has 116 valence electrons. The number of benzene rings is 1. The van der Waals surface area contributed by atoms with Crippen LogP contribution in [0.3, 0.4) is 0 Å². The quantitative estimate of drug-likeness (QED) is 0.482. The molecule has 21 heavy (non-hydrogen) atoms. The van der Waals surface area contributed by atoms with Crippen LogP contribution >= 0.6 is 27.7 Å². The summed E-state index contributed by atoms with van der Waals surface area (Å²) in [5.41, 5.74) is 0. The van der Waals surface area contributed by atoms with Crippen LogP contribution in [0.4, 0.5) is 4.79 Å². The zero-order valence-electron chi connectivity index (χ0n) is 11.8. The molecule has 0 radical (unpaired) electrons. The van der Waals surface area contributed by atoms with Gasteiger partial charge in [-0.25, -0.2) is 4.79 Å².